The van der Waals surface area contributed by atoms with E-state index >= 15 is 0 Å². The molecule has 0 amide bonds. The highest BCUT2D eigenvalue weighted by Crippen LogP contribution is 2.28. The van der Waals surface area contributed by atoms with E-state index < -0.39 is 0 Å². The Morgan fingerprint density at radius 2 is 1.76 bits per heavy atom. The number of nitrogens with zero attached hydrogens (tertiary/aromatic N) is 1. The second kappa shape index (κ2) is 5.27. The molecule has 2 unspecified atom stereocenters. The molecule has 0 saturated carbocycles. The molecule has 0 spiro atoms. The monoisotopic (exact) mass is 240 g/mol. The molecule has 2 heteroatoms. The third kappa shape index (κ3) is 5.39. The van der Waals surface area contributed by atoms with E-state index in [0.717, 1.165) is 0 Å². The van der Waals surface area contributed by atoms with Gasteiger partial charge in [-0.25, -0.2) is 0 Å². The van der Waals surface area contributed by atoms with Gasteiger partial charge in [-0.15, -0.1) is 0 Å². The first-order valence-electron chi connectivity index (χ1n) is 7.07. The SMILES string of the molecule is CC1CC(NC(C)(C)CC(C)(C)C)CCN1C. The van der Waals surface area contributed by atoms with Gasteiger partial charge in [-0.05, 0) is 59.0 Å². The van der Waals surface area contributed by atoms with E-state index in [4.69, 9.17) is 0 Å². The van der Waals surface area contributed by atoms with Crippen LogP contribution in [0.3, 0.4) is 0 Å². The number of hydrogen-bond acceptors (Lipinski definition) is 2. The summed E-state index contributed by atoms with van der Waals surface area (Å²) in [5.74, 6) is 0. The molecule has 1 aliphatic heterocycles. The van der Waals surface area contributed by atoms with Crippen molar-refractivity contribution >= 4 is 0 Å². The summed E-state index contributed by atoms with van der Waals surface area (Å²) in [6, 6.07) is 1.41. The van der Waals surface area contributed by atoms with Gasteiger partial charge in [0.15, 0.2) is 0 Å². The van der Waals surface area contributed by atoms with Gasteiger partial charge in [0.2, 0.25) is 0 Å². The lowest BCUT2D eigenvalue weighted by Crippen LogP contribution is -2.53. The van der Waals surface area contributed by atoms with Crippen LogP contribution in [0.5, 0.6) is 0 Å². The number of nitrogens with one attached hydrogen (secondary N) is 1. The Morgan fingerprint density at radius 1 is 1.18 bits per heavy atom. The fourth-order valence-electron chi connectivity index (χ4n) is 3.35. The van der Waals surface area contributed by atoms with Crippen LogP contribution in [0.1, 0.15) is 60.8 Å². The summed E-state index contributed by atoms with van der Waals surface area (Å²) >= 11 is 0. The molecule has 0 aromatic heterocycles. The summed E-state index contributed by atoms with van der Waals surface area (Å²) in [6.45, 7) is 15.2. The third-order valence-electron chi connectivity index (χ3n) is 3.78. The van der Waals surface area contributed by atoms with Crippen LogP contribution < -0.4 is 5.32 Å². The van der Waals surface area contributed by atoms with Crippen molar-refractivity contribution in [3.8, 4) is 0 Å². The molecule has 1 N–H and O–H groups in total. The zero-order valence-corrected chi connectivity index (χ0v) is 12.9. The molecular formula is C15H32N2. The Morgan fingerprint density at radius 3 is 2.24 bits per heavy atom. The van der Waals surface area contributed by atoms with Gasteiger partial charge in [0.05, 0.1) is 0 Å². The largest absolute Gasteiger partial charge is 0.309 e. The highest BCUT2D eigenvalue weighted by Gasteiger charge is 2.30. The zero-order valence-electron chi connectivity index (χ0n) is 12.9. The molecule has 0 aromatic rings. The highest BCUT2D eigenvalue weighted by atomic mass is 15.2. The van der Waals surface area contributed by atoms with Crippen LogP contribution in [-0.2, 0) is 0 Å². The van der Waals surface area contributed by atoms with E-state index in [9.17, 15) is 0 Å². The second-order valence-electron chi connectivity index (χ2n) is 7.82. The van der Waals surface area contributed by atoms with Crippen molar-refractivity contribution in [3.63, 3.8) is 0 Å². The minimum Gasteiger partial charge on any atom is -0.309 e. The second-order valence-corrected chi connectivity index (χ2v) is 7.82. The van der Waals surface area contributed by atoms with Gasteiger partial charge in [0.1, 0.15) is 0 Å². The van der Waals surface area contributed by atoms with Gasteiger partial charge in [-0.2, -0.15) is 0 Å². The molecule has 1 heterocycles. The van der Waals surface area contributed by atoms with Crippen molar-refractivity contribution in [2.45, 2.75) is 78.4 Å². The summed E-state index contributed by atoms with van der Waals surface area (Å²) < 4.78 is 0. The molecule has 1 aliphatic rings. The van der Waals surface area contributed by atoms with Gasteiger partial charge < -0.3 is 10.2 Å². The van der Waals surface area contributed by atoms with Gasteiger partial charge in [-0.1, -0.05) is 20.8 Å². The zero-order chi connectivity index (χ0) is 13.3. The Balaban J connectivity index is 2.48. The average molecular weight is 240 g/mol. The maximum atomic E-state index is 3.88. The quantitative estimate of drug-likeness (QED) is 0.814. The first kappa shape index (κ1) is 15.0. The molecule has 2 atom stereocenters. The predicted octanol–water partition coefficient (Wildman–Crippen LogP) is 3.27. The standard InChI is InChI=1S/C15H32N2/c1-12-10-13(8-9-17(12)7)16-15(5,6)11-14(2,3)4/h12-13,16H,8-11H2,1-7H3. The summed E-state index contributed by atoms with van der Waals surface area (Å²) in [4.78, 5) is 2.47. The summed E-state index contributed by atoms with van der Waals surface area (Å²) in [5.41, 5.74) is 0.645. The van der Waals surface area contributed by atoms with Gasteiger partial charge in [-0.3, -0.25) is 0 Å². The van der Waals surface area contributed by atoms with Crippen LogP contribution in [-0.4, -0.2) is 36.1 Å². The van der Waals surface area contributed by atoms with Crippen molar-refractivity contribution in [1.29, 1.82) is 0 Å². The van der Waals surface area contributed by atoms with Crippen molar-refractivity contribution in [2.75, 3.05) is 13.6 Å². The molecular weight excluding hydrogens is 208 g/mol. The van der Waals surface area contributed by atoms with Crippen LogP contribution in [0, 0.1) is 5.41 Å². The highest BCUT2D eigenvalue weighted by molar-refractivity contribution is 4.90. The molecule has 102 valence electrons. The predicted molar refractivity (Wildman–Crippen MR) is 76.4 cm³/mol. The topological polar surface area (TPSA) is 15.3 Å². The van der Waals surface area contributed by atoms with Crippen molar-refractivity contribution in [3.05, 3.63) is 0 Å². The van der Waals surface area contributed by atoms with Crippen LogP contribution in [0.4, 0.5) is 0 Å². The molecule has 0 bridgehead atoms. The van der Waals surface area contributed by atoms with Crippen LogP contribution in [0.15, 0.2) is 0 Å². The van der Waals surface area contributed by atoms with Crippen LogP contribution in [0.2, 0.25) is 0 Å². The van der Waals surface area contributed by atoms with Gasteiger partial charge in [0.25, 0.3) is 0 Å². The lowest BCUT2D eigenvalue weighted by atomic mass is 9.81. The summed E-state index contributed by atoms with van der Waals surface area (Å²) in [5, 5.41) is 3.88. The first-order valence-corrected chi connectivity index (χ1v) is 7.07. The lowest BCUT2D eigenvalue weighted by molar-refractivity contribution is 0.137. The smallest absolute Gasteiger partial charge is 0.0132 e. The van der Waals surface area contributed by atoms with Gasteiger partial charge in [0, 0.05) is 17.6 Å². The van der Waals surface area contributed by atoms with Crippen LogP contribution in [0.25, 0.3) is 0 Å². The lowest BCUT2D eigenvalue weighted by Gasteiger charge is -2.41. The fraction of sp³-hybridized carbons (Fsp3) is 1.00. The van der Waals surface area contributed by atoms with E-state index in [1.54, 1.807) is 0 Å². The minimum absolute atomic E-state index is 0.249. The van der Waals surface area contributed by atoms with E-state index in [1.165, 1.54) is 25.8 Å². The molecule has 2 nitrogen and oxygen atoms in total. The van der Waals surface area contributed by atoms with E-state index in [-0.39, 0.29) is 5.54 Å². The third-order valence-corrected chi connectivity index (χ3v) is 3.78. The van der Waals surface area contributed by atoms with E-state index in [0.29, 0.717) is 17.5 Å². The number of likely N-dealkylation sites (tertiary alicyclic amines) is 1. The molecule has 1 saturated heterocycles. The van der Waals surface area contributed by atoms with Crippen molar-refractivity contribution in [1.82, 2.24) is 10.2 Å². The average Bonchev–Trinajstić information content (AvgIpc) is 2.06. The first-order chi connectivity index (χ1) is 7.59. The van der Waals surface area contributed by atoms with E-state index in [2.05, 4.69) is 58.8 Å². The number of piperidine rings is 1. The van der Waals surface area contributed by atoms with Crippen molar-refractivity contribution < 1.29 is 0 Å². The Bertz CT molecular complexity index is 240. The number of hydrogen-bond donors (Lipinski definition) is 1. The Kier molecular flexibility index (Phi) is 4.65. The minimum atomic E-state index is 0.249. The van der Waals surface area contributed by atoms with Crippen molar-refractivity contribution in [2.24, 2.45) is 5.41 Å². The molecule has 17 heavy (non-hydrogen) atoms. The van der Waals surface area contributed by atoms with Crippen LogP contribution >= 0.6 is 0 Å². The Labute approximate surface area is 108 Å². The fourth-order valence-corrected chi connectivity index (χ4v) is 3.35. The summed E-state index contributed by atoms with van der Waals surface area (Å²) in [6.07, 6.45) is 3.79. The molecule has 0 aromatic carbocycles. The normalized spacial score (nSPS) is 28.4. The number of rotatable bonds is 3. The molecule has 0 aliphatic carbocycles. The molecule has 1 rings (SSSR count). The van der Waals surface area contributed by atoms with Gasteiger partial charge >= 0.3 is 0 Å². The summed E-state index contributed by atoms with van der Waals surface area (Å²) in [7, 11) is 2.24. The molecule has 1 fully saturated rings. The maximum absolute atomic E-state index is 3.88. The van der Waals surface area contributed by atoms with E-state index in [1.807, 2.05) is 0 Å². The Hall–Kier alpha value is -0.0800. The maximum Gasteiger partial charge on any atom is 0.0132 e. The molecule has 0 radical (unpaired) electrons.